The molecule has 0 saturated carbocycles. The second-order valence-corrected chi connectivity index (χ2v) is 10.4. The maximum atomic E-state index is 13.4. The Hall–Kier alpha value is -2.84. The summed E-state index contributed by atoms with van der Waals surface area (Å²) in [7, 11) is -3.95. The zero-order valence-corrected chi connectivity index (χ0v) is 21.2. The lowest BCUT2D eigenvalue weighted by atomic mass is 10.1. The number of halogens is 1. The van der Waals surface area contributed by atoms with Crippen LogP contribution in [0.3, 0.4) is 0 Å². The Kier molecular flexibility index (Phi) is 8.15. The van der Waals surface area contributed by atoms with Crippen LogP contribution in [0.2, 0.25) is 0 Å². The van der Waals surface area contributed by atoms with Crippen LogP contribution in [0, 0.1) is 6.92 Å². The molecule has 0 aromatic heterocycles. The molecule has 1 amide bonds. The molecule has 0 heterocycles. The third kappa shape index (κ3) is 6.36. The fourth-order valence-electron chi connectivity index (χ4n) is 3.28. The van der Waals surface area contributed by atoms with Crippen LogP contribution < -0.4 is 14.4 Å². The molecule has 174 valence electrons. The van der Waals surface area contributed by atoms with E-state index in [-0.39, 0.29) is 17.5 Å². The van der Waals surface area contributed by atoms with Gasteiger partial charge in [-0.3, -0.25) is 9.10 Å². The number of sulfonamides is 1. The number of carbonyl (C=O) groups is 1. The van der Waals surface area contributed by atoms with Crippen LogP contribution in [0.4, 0.5) is 5.69 Å². The number of ether oxygens (including phenoxy) is 1. The molecule has 0 spiro atoms. The van der Waals surface area contributed by atoms with Gasteiger partial charge in [0.1, 0.15) is 12.3 Å². The first-order valence-corrected chi connectivity index (χ1v) is 12.8. The van der Waals surface area contributed by atoms with Gasteiger partial charge in [0.25, 0.3) is 10.0 Å². The second-order valence-electron chi connectivity index (χ2n) is 7.59. The maximum absolute atomic E-state index is 13.4. The molecule has 0 fully saturated rings. The lowest BCUT2D eigenvalue weighted by molar-refractivity contribution is -0.120. The van der Waals surface area contributed by atoms with Gasteiger partial charge in [0, 0.05) is 4.47 Å². The molecule has 0 bridgehead atoms. The summed E-state index contributed by atoms with van der Waals surface area (Å²) in [6.45, 7) is 5.88. The number of nitrogens with zero attached hydrogens (tertiary/aromatic N) is 1. The summed E-state index contributed by atoms with van der Waals surface area (Å²) in [4.78, 5) is 13.1. The van der Waals surface area contributed by atoms with Crippen LogP contribution in [0.15, 0.2) is 82.2 Å². The number of rotatable bonds is 9. The van der Waals surface area contributed by atoms with Gasteiger partial charge in [0.05, 0.1) is 23.2 Å². The van der Waals surface area contributed by atoms with Crippen LogP contribution in [0.25, 0.3) is 0 Å². The van der Waals surface area contributed by atoms with Crippen molar-refractivity contribution < 1.29 is 17.9 Å². The van der Waals surface area contributed by atoms with Gasteiger partial charge in [-0.2, -0.15) is 0 Å². The summed E-state index contributed by atoms with van der Waals surface area (Å²) in [6.07, 6.45) is 0. The van der Waals surface area contributed by atoms with Gasteiger partial charge in [-0.05, 0) is 74.9 Å². The fraction of sp³-hybridized carbons (Fsp3) is 0.240. The van der Waals surface area contributed by atoms with Crippen LogP contribution in [-0.2, 0) is 14.8 Å². The van der Waals surface area contributed by atoms with Crippen molar-refractivity contribution in [1.29, 1.82) is 0 Å². The molecule has 1 atom stereocenters. The van der Waals surface area contributed by atoms with Gasteiger partial charge in [0.2, 0.25) is 5.91 Å². The highest BCUT2D eigenvalue weighted by Gasteiger charge is 2.27. The standard InChI is InChI=1S/C25H27BrN2O4S/c1-4-32-23-13-7-20(8-14-23)19(3)27-25(29)17-28(22-11-9-21(26)10-12-22)33(30,31)24-15-5-18(2)6-16-24/h5-16,19H,4,17H2,1-3H3,(H,27,29). The van der Waals surface area contributed by atoms with Crippen LogP contribution in [0.5, 0.6) is 5.75 Å². The van der Waals surface area contributed by atoms with Gasteiger partial charge in [-0.1, -0.05) is 45.8 Å². The predicted octanol–water partition coefficient (Wildman–Crippen LogP) is 5.23. The Morgan fingerprint density at radius 1 is 1.00 bits per heavy atom. The van der Waals surface area contributed by atoms with E-state index in [0.717, 1.165) is 25.7 Å². The first kappa shape index (κ1) is 24.8. The summed E-state index contributed by atoms with van der Waals surface area (Å²) in [5.41, 5.74) is 2.25. The Labute approximate surface area is 203 Å². The van der Waals surface area contributed by atoms with Crippen LogP contribution in [0.1, 0.15) is 31.0 Å². The average Bonchev–Trinajstić information content (AvgIpc) is 2.79. The number of hydrogen-bond donors (Lipinski definition) is 1. The smallest absolute Gasteiger partial charge is 0.264 e. The fourth-order valence-corrected chi connectivity index (χ4v) is 4.97. The molecule has 0 aliphatic rings. The van der Waals surface area contributed by atoms with Crippen LogP contribution in [-0.4, -0.2) is 27.5 Å². The highest BCUT2D eigenvalue weighted by molar-refractivity contribution is 9.10. The van der Waals surface area contributed by atoms with Crippen molar-refractivity contribution in [3.63, 3.8) is 0 Å². The number of hydrogen-bond acceptors (Lipinski definition) is 4. The molecule has 8 heteroatoms. The van der Waals surface area contributed by atoms with Gasteiger partial charge >= 0.3 is 0 Å². The van der Waals surface area contributed by atoms with Gasteiger partial charge in [-0.15, -0.1) is 0 Å². The first-order chi connectivity index (χ1) is 15.7. The Morgan fingerprint density at radius 2 is 1.61 bits per heavy atom. The molecule has 3 aromatic carbocycles. The monoisotopic (exact) mass is 530 g/mol. The minimum atomic E-state index is -3.95. The zero-order valence-electron chi connectivity index (χ0n) is 18.8. The Bertz CT molecular complexity index is 1180. The van der Waals surface area contributed by atoms with E-state index in [0.29, 0.717) is 12.3 Å². The van der Waals surface area contributed by atoms with E-state index in [1.165, 1.54) is 0 Å². The summed E-state index contributed by atoms with van der Waals surface area (Å²) in [6, 6.07) is 20.5. The summed E-state index contributed by atoms with van der Waals surface area (Å²) >= 11 is 3.37. The molecular formula is C25H27BrN2O4S. The van der Waals surface area contributed by atoms with Crippen LogP contribution >= 0.6 is 15.9 Å². The minimum Gasteiger partial charge on any atom is -0.494 e. The molecule has 1 N–H and O–H groups in total. The van der Waals surface area contributed by atoms with Crippen molar-refractivity contribution in [1.82, 2.24) is 5.32 Å². The maximum Gasteiger partial charge on any atom is 0.264 e. The zero-order chi connectivity index (χ0) is 24.0. The van der Waals surface area contributed by atoms with E-state index in [1.807, 2.05) is 45.0 Å². The van der Waals surface area contributed by atoms with E-state index in [1.54, 1.807) is 48.5 Å². The van der Waals surface area contributed by atoms with E-state index >= 15 is 0 Å². The molecule has 6 nitrogen and oxygen atoms in total. The molecule has 0 saturated heterocycles. The van der Waals surface area contributed by atoms with Crippen molar-refractivity contribution in [3.05, 3.63) is 88.4 Å². The normalized spacial score (nSPS) is 12.1. The van der Waals surface area contributed by atoms with E-state index in [4.69, 9.17) is 4.74 Å². The van der Waals surface area contributed by atoms with Gasteiger partial charge in [0.15, 0.2) is 0 Å². The molecule has 3 aromatic rings. The minimum absolute atomic E-state index is 0.128. The molecule has 0 radical (unpaired) electrons. The SMILES string of the molecule is CCOc1ccc(C(C)NC(=O)CN(c2ccc(Br)cc2)S(=O)(=O)c2ccc(C)cc2)cc1. The van der Waals surface area contributed by atoms with Crippen molar-refractivity contribution in [2.24, 2.45) is 0 Å². The van der Waals surface area contributed by atoms with E-state index in [2.05, 4.69) is 21.2 Å². The number of benzene rings is 3. The first-order valence-electron chi connectivity index (χ1n) is 10.6. The lowest BCUT2D eigenvalue weighted by Crippen LogP contribution is -2.41. The van der Waals surface area contributed by atoms with Crippen molar-refractivity contribution in [3.8, 4) is 5.75 Å². The molecule has 0 aliphatic carbocycles. The van der Waals surface area contributed by atoms with E-state index in [9.17, 15) is 13.2 Å². The third-order valence-corrected chi connectivity index (χ3v) is 7.40. The Balaban J connectivity index is 1.83. The largest absolute Gasteiger partial charge is 0.494 e. The van der Waals surface area contributed by atoms with Gasteiger partial charge in [-0.25, -0.2) is 8.42 Å². The number of carbonyl (C=O) groups excluding carboxylic acids is 1. The molecular weight excluding hydrogens is 504 g/mol. The molecule has 33 heavy (non-hydrogen) atoms. The summed E-state index contributed by atoms with van der Waals surface area (Å²) < 4.78 is 34.3. The number of anilines is 1. The third-order valence-electron chi connectivity index (χ3n) is 5.08. The lowest BCUT2D eigenvalue weighted by Gasteiger charge is -2.25. The van der Waals surface area contributed by atoms with E-state index < -0.39 is 15.9 Å². The Morgan fingerprint density at radius 3 is 2.18 bits per heavy atom. The second kappa shape index (κ2) is 10.9. The molecule has 0 aliphatic heterocycles. The molecule has 3 rings (SSSR count). The highest BCUT2D eigenvalue weighted by atomic mass is 79.9. The molecule has 1 unspecified atom stereocenters. The van der Waals surface area contributed by atoms with Crippen molar-refractivity contribution in [2.45, 2.75) is 31.7 Å². The van der Waals surface area contributed by atoms with Crippen molar-refractivity contribution >= 4 is 37.5 Å². The predicted molar refractivity (Wildman–Crippen MR) is 134 cm³/mol. The van der Waals surface area contributed by atoms with Gasteiger partial charge < -0.3 is 10.1 Å². The average molecular weight is 531 g/mol. The number of aryl methyl sites for hydroxylation is 1. The van der Waals surface area contributed by atoms with Crippen molar-refractivity contribution in [2.75, 3.05) is 17.5 Å². The highest BCUT2D eigenvalue weighted by Crippen LogP contribution is 2.26. The summed E-state index contributed by atoms with van der Waals surface area (Å²) in [5.74, 6) is 0.348. The number of nitrogens with one attached hydrogen (secondary N) is 1. The summed E-state index contributed by atoms with van der Waals surface area (Å²) in [5, 5.41) is 2.90. The quantitative estimate of drug-likeness (QED) is 0.411. The topological polar surface area (TPSA) is 75.7 Å². The number of amides is 1.